The molecule has 6 nitrogen and oxygen atoms in total. The van der Waals surface area contributed by atoms with E-state index in [2.05, 4.69) is 0 Å². The van der Waals surface area contributed by atoms with Gasteiger partial charge >= 0.3 is 0 Å². The Hall–Kier alpha value is -2.60. The van der Waals surface area contributed by atoms with E-state index in [9.17, 15) is 14.7 Å². The molecule has 0 aromatic heterocycles. The third-order valence-electron chi connectivity index (χ3n) is 4.80. The fourth-order valence-electron chi connectivity index (χ4n) is 3.32. The number of amides is 2. The predicted molar refractivity (Wildman–Crippen MR) is 94.2 cm³/mol. The number of aliphatic hydroxyl groups is 1. The van der Waals surface area contributed by atoms with Crippen LogP contribution in [0.1, 0.15) is 18.4 Å². The molecular weight excluding hydrogens is 320 g/mol. The van der Waals surface area contributed by atoms with Crippen molar-refractivity contribution in [2.75, 3.05) is 20.2 Å². The van der Waals surface area contributed by atoms with Crippen LogP contribution in [-0.4, -0.2) is 47.6 Å². The van der Waals surface area contributed by atoms with Crippen LogP contribution in [0.15, 0.2) is 36.4 Å². The van der Waals surface area contributed by atoms with Gasteiger partial charge in [-0.3, -0.25) is 9.59 Å². The molecule has 2 aromatic rings. The van der Waals surface area contributed by atoms with Crippen LogP contribution in [0.2, 0.25) is 0 Å². The second-order valence-electron chi connectivity index (χ2n) is 6.50. The van der Waals surface area contributed by atoms with Crippen LogP contribution in [-0.2, 0) is 16.0 Å². The first-order valence-electron chi connectivity index (χ1n) is 8.29. The first kappa shape index (κ1) is 17.2. The molecule has 1 saturated heterocycles. The summed E-state index contributed by atoms with van der Waals surface area (Å²) in [6.45, 7) is 0.470. The third kappa shape index (κ3) is 3.44. The summed E-state index contributed by atoms with van der Waals surface area (Å²) >= 11 is 0. The van der Waals surface area contributed by atoms with Gasteiger partial charge in [-0.05, 0) is 41.3 Å². The molecule has 1 fully saturated rings. The molecule has 3 rings (SSSR count). The fraction of sp³-hybridized carbons (Fsp3) is 0.368. The Morgan fingerprint density at radius 3 is 2.84 bits per heavy atom. The van der Waals surface area contributed by atoms with Crippen LogP contribution >= 0.6 is 0 Å². The zero-order valence-electron chi connectivity index (χ0n) is 14.2. The first-order valence-corrected chi connectivity index (χ1v) is 8.29. The Balaban J connectivity index is 1.83. The van der Waals surface area contributed by atoms with Crippen LogP contribution in [0.25, 0.3) is 10.8 Å². The maximum absolute atomic E-state index is 12.7. The molecule has 0 radical (unpaired) electrons. The molecule has 1 aliphatic heterocycles. The highest BCUT2D eigenvalue weighted by Gasteiger charge is 2.40. The summed E-state index contributed by atoms with van der Waals surface area (Å²) in [6, 6.07) is 11.5. The molecule has 6 heteroatoms. The quantitative estimate of drug-likeness (QED) is 0.874. The molecule has 3 N–H and O–H groups in total. The summed E-state index contributed by atoms with van der Waals surface area (Å²) in [5.41, 5.74) is 4.54. The van der Waals surface area contributed by atoms with Crippen LogP contribution < -0.4 is 10.5 Å². The smallest absolute Gasteiger partial charge is 0.251 e. The van der Waals surface area contributed by atoms with E-state index in [0.717, 1.165) is 22.1 Å². The molecule has 0 unspecified atom stereocenters. The normalized spacial score (nSPS) is 20.5. The largest absolute Gasteiger partial charge is 0.497 e. The first-order chi connectivity index (χ1) is 11.9. The SMILES string of the molecule is COc1ccc2cccc(CC(=O)N3CCC[C@@](O)(C(N)=O)C3)c2c1. The predicted octanol–water partition coefficient (Wildman–Crippen LogP) is 1.23. The van der Waals surface area contributed by atoms with Crippen molar-refractivity contribution in [3.05, 3.63) is 42.0 Å². The molecule has 25 heavy (non-hydrogen) atoms. The number of primary amides is 1. The van der Waals surface area contributed by atoms with Gasteiger partial charge in [0.05, 0.1) is 20.1 Å². The zero-order valence-corrected chi connectivity index (χ0v) is 14.2. The number of likely N-dealkylation sites (tertiary alicyclic amines) is 1. The van der Waals surface area contributed by atoms with Gasteiger partial charge in [0.25, 0.3) is 5.91 Å². The van der Waals surface area contributed by atoms with Crippen molar-refractivity contribution in [1.29, 1.82) is 0 Å². The van der Waals surface area contributed by atoms with Crippen molar-refractivity contribution in [3.63, 3.8) is 0 Å². The van der Waals surface area contributed by atoms with E-state index in [1.807, 2.05) is 36.4 Å². The van der Waals surface area contributed by atoms with Crippen molar-refractivity contribution >= 4 is 22.6 Å². The lowest BCUT2D eigenvalue weighted by Gasteiger charge is -2.37. The summed E-state index contributed by atoms with van der Waals surface area (Å²) in [6.07, 6.45) is 1.03. The molecule has 0 saturated carbocycles. The molecule has 1 aliphatic rings. The summed E-state index contributed by atoms with van der Waals surface area (Å²) in [7, 11) is 1.60. The topological polar surface area (TPSA) is 92.9 Å². The van der Waals surface area contributed by atoms with E-state index in [-0.39, 0.29) is 25.3 Å². The van der Waals surface area contributed by atoms with Gasteiger partial charge in [0.1, 0.15) is 5.75 Å². The number of ether oxygens (including phenoxy) is 1. The molecular formula is C19H22N2O4. The minimum atomic E-state index is -1.63. The second kappa shape index (κ2) is 6.72. The van der Waals surface area contributed by atoms with Crippen LogP contribution in [0.3, 0.4) is 0 Å². The van der Waals surface area contributed by atoms with Gasteiger partial charge in [-0.15, -0.1) is 0 Å². The van der Waals surface area contributed by atoms with Gasteiger partial charge in [-0.25, -0.2) is 0 Å². The summed E-state index contributed by atoms with van der Waals surface area (Å²) in [5.74, 6) is -0.178. The van der Waals surface area contributed by atoms with Crippen molar-refractivity contribution in [2.24, 2.45) is 5.73 Å². The van der Waals surface area contributed by atoms with Gasteiger partial charge in [-0.1, -0.05) is 24.3 Å². The molecule has 2 aromatic carbocycles. The van der Waals surface area contributed by atoms with Crippen molar-refractivity contribution < 1.29 is 19.4 Å². The molecule has 0 spiro atoms. The lowest BCUT2D eigenvalue weighted by atomic mass is 9.91. The Labute approximate surface area is 146 Å². The summed E-state index contributed by atoms with van der Waals surface area (Å²) < 4.78 is 5.27. The highest BCUT2D eigenvalue weighted by Crippen LogP contribution is 2.26. The number of hydrogen-bond donors (Lipinski definition) is 2. The molecule has 1 atom stereocenters. The highest BCUT2D eigenvalue weighted by atomic mass is 16.5. The maximum Gasteiger partial charge on any atom is 0.251 e. The number of methoxy groups -OCH3 is 1. The fourth-order valence-corrected chi connectivity index (χ4v) is 3.32. The van der Waals surface area contributed by atoms with E-state index in [0.29, 0.717) is 13.0 Å². The van der Waals surface area contributed by atoms with Gasteiger partial charge in [-0.2, -0.15) is 0 Å². The number of fused-ring (bicyclic) bond motifs is 1. The van der Waals surface area contributed by atoms with E-state index in [4.69, 9.17) is 10.5 Å². The van der Waals surface area contributed by atoms with Crippen LogP contribution in [0.4, 0.5) is 0 Å². The lowest BCUT2D eigenvalue weighted by molar-refractivity contribution is -0.148. The van der Waals surface area contributed by atoms with Gasteiger partial charge < -0.3 is 20.5 Å². The van der Waals surface area contributed by atoms with Crippen LogP contribution in [0.5, 0.6) is 5.75 Å². The summed E-state index contributed by atoms with van der Waals surface area (Å²) in [4.78, 5) is 25.7. The highest BCUT2D eigenvalue weighted by molar-refractivity contribution is 5.91. The van der Waals surface area contributed by atoms with Crippen molar-refractivity contribution in [2.45, 2.75) is 24.9 Å². The lowest BCUT2D eigenvalue weighted by Crippen LogP contribution is -2.57. The Morgan fingerprint density at radius 1 is 1.32 bits per heavy atom. The van der Waals surface area contributed by atoms with E-state index in [1.54, 1.807) is 7.11 Å². The maximum atomic E-state index is 12.7. The van der Waals surface area contributed by atoms with Gasteiger partial charge in [0.15, 0.2) is 5.60 Å². The zero-order chi connectivity index (χ0) is 18.0. The monoisotopic (exact) mass is 342 g/mol. The number of nitrogens with two attached hydrogens (primary N) is 1. The molecule has 132 valence electrons. The number of rotatable bonds is 4. The van der Waals surface area contributed by atoms with Crippen molar-refractivity contribution in [1.82, 2.24) is 4.90 Å². The molecule has 0 aliphatic carbocycles. The average Bonchev–Trinajstić information content (AvgIpc) is 2.61. The van der Waals surface area contributed by atoms with E-state index in [1.165, 1.54) is 4.90 Å². The minimum Gasteiger partial charge on any atom is -0.497 e. The number of nitrogens with zero attached hydrogens (tertiary/aromatic N) is 1. The molecule has 1 heterocycles. The molecule has 2 amide bonds. The van der Waals surface area contributed by atoms with Crippen molar-refractivity contribution in [3.8, 4) is 5.75 Å². The van der Waals surface area contributed by atoms with E-state index >= 15 is 0 Å². The summed E-state index contributed by atoms with van der Waals surface area (Å²) in [5, 5.41) is 12.3. The standard InChI is InChI=1S/C19H22N2O4/c1-25-15-7-6-13-4-2-5-14(16(13)11-15)10-17(22)21-9-3-8-19(24,12-21)18(20)23/h2,4-7,11,24H,3,8-10,12H2,1H3,(H2,20,23)/t19-/m0/s1. The number of carbonyl (C=O) groups is 2. The number of β-amino-alcohol motifs (C(OH)–C–C–N with tert-alkyl or cyclic N) is 1. The third-order valence-corrected chi connectivity index (χ3v) is 4.80. The van der Waals surface area contributed by atoms with E-state index < -0.39 is 11.5 Å². The number of benzene rings is 2. The van der Waals surface area contributed by atoms with Crippen LogP contribution in [0, 0.1) is 0 Å². The van der Waals surface area contributed by atoms with Gasteiger partial charge in [0, 0.05) is 6.54 Å². The molecule has 0 bridgehead atoms. The number of carbonyl (C=O) groups excluding carboxylic acids is 2. The van der Waals surface area contributed by atoms with Gasteiger partial charge in [0.2, 0.25) is 5.91 Å². The Kier molecular flexibility index (Phi) is 4.63. The number of piperidine rings is 1. The minimum absolute atomic E-state index is 0.0464. The Bertz CT molecular complexity index is 820. The second-order valence-corrected chi connectivity index (χ2v) is 6.50. The Morgan fingerprint density at radius 2 is 2.12 bits per heavy atom. The number of hydrogen-bond acceptors (Lipinski definition) is 4. The average molecular weight is 342 g/mol.